The van der Waals surface area contributed by atoms with Crippen molar-refractivity contribution in [3.63, 3.8) is 0 Å². The van der Waals surface area contributed by atoms with Crippen molar-refractivity contribution in [3.05, 3.63) is 68.2 Å². The third-order valence-corrected chi connectivity index (χ3v) is 5.61. The second-order valence-corrected chi connectivity index (χ2v) is 7.18. The van der Waals surface area contributed by atoms with Gasteiger partial charge in [0.05, 0.1) is 5.52 Å². The minimum atomic E-state index is -0.285. The van der Waals surface area contributed by atoms with Crippen molar-refractivity contribution in [2.75, 3.05) is 13.1 Å². The lowest BCUT2D eigenvalue weighted by molar-refractivity contribution is 0.176. The summed E-state index contributed by atoms with van der Waals surface area (Å²) < 4.78 is 2.07. The van der Waals surface area contributed by atoms with Crippen LogP contribution in [0.4, 0.5) is 0 Å². The molecule has 1 aliphatic heterocycles. The van der Waals surface area contributed by atoms with Crippen LogP contribution in [0.5, 0.6) is 0 Å². The quantitative estimate of drug-likeness (QED) is 0.797. The van der Waals surface area contributed by atoms with Gasteiger partial charge in [-0.1, -0.05) is 30.3 Å². The van der Waals surface area contributed by atoms with Gasteiger partial charge in [-0.25, -0.2) is 4.79 Å². The first-order valence-electron chi connectivity index (χ1n) is 8.20. The molecule has 1 aromatic carbocycles. The first kappa shape index (κ1) is 15.4. The number of nitrogens with zero attached hydrogens (tertiary/aromatic N) is 2. The SMILES string of the molecule is O=c1[nH]c2ccsc2c(=O)n1C1CCN(Cc2ccccc2)CC1. The van der Waals surface area contributed by atoms with E-state index >= 15 is 0 Å². The predicted molar refractivity (Wildman–Crippen MR) is 96.7 cm³/mol. The van der Waals surface area contributed by atoms with Crippen LogP contribution < -0.4 is 11.2 Å². The largest absolute Gasteiger partial charge is 0.329 e. The molecule has 4 rings (SSSR count). The Hall–Kier alpha value is -2.18. The molecule has 0 spiro atoms. The van der Waals surface area contributed by atoms with Gasteiger partial charge in [-0.05, 0) is 29.9 Å². The number of thiophene rings is 1. The normalized spacial score (nSPS) is 16.7. The Labute approximate surface area is 143 Å². The van der Waals surface area contributed by atoms with Crippen LogP contribution in [0.25, 0.3) is 10.2 Å². The van der Waals surface area contributed by atoms with Gasteiger partial charge in [-0.15, -0.1) is 11.3 Å². The summed E-state index contributed by atoms with van der Waals surface area (Å²) in [5, 5.41) is 1.84. The molecule has 3 heterocycles. The number of nitrogens with one attached hydrogen (secondary N) is 1. The Bertz CT molecular complexity index is 950. The van der Waals surface area contributed by atoms with E-state index in [1.807, 2.05) is 11.4 Å². The summed E-state index contributed by atoms with van der Waals surface area (Å²) in [7, 11) is 0. The van der Waals surface area contributed by atoms with Crippen LogP contribution in [0.1, 0.15) is 24.4 Å². The number of piperidine rings is 1. The number of hydrogen-bond donors (Lipinski definition) is 1. The molecule has 0 amide bonds. The van der Waals surface area contributed by atoms with Crippen molar-refractivity contribution in [2.24, 2.45) is 0 Å². The molecule has 1 fully saturated rings. The average Bonchev–Trinajstić information content (AvgIpc) is 3.06. The second-order valence-electron chi connectivity index (χ2n) is 6.26. The number of H-pyrrole nitrogens is 1. The second kappa shape index (κ2) is 6.37. The van der Waals surface area contributed by atoms with E-state index in [9.17, 15) is 9.59 Å². The molecule has 6 heteroatoms. The van der Waals surface area contributed by atoms with Crippen molar-refractivity contribution < 1.29 is 0 Å². The van der Waals surface area contributed by atoms with E-state index in [1.165, 1.54) is 21.5 Å². The van der Waals surface area contributed by atoms with Crippen LogP contribution in [-0.2, 0) is 6.54 Å². The Balaban J connectivity index is 1.52. The summed E-state index contributed by atoms with van der Waals surface area (Å²) in [6.07, 6.45) is 1.65. The lowest BCUT2D eigenvalue weighted by Crippen LogP contribution is -2.43. The standard InChI is InChI=1S/C18H19N3O2S/c22-17-16-15(8-11-24-16)19-18(23)21(17)14-6-9-20(10-7-14)12-13-4-2-1-3-5-13/h1-5,8,11,14H,6-7,9-10,12H2,(H,19,23). The van der Waals surface area contributed by atoms with E-state index in [0.717, 1.165) is 32.5 Å². The fourth-order valence-electron chi connectivity index (χ4n) is 3.46. The molecule has 0 unspecified atom stereocenters. The van der Waals surface area contributed by atoms with Crippen LogP contribution in [0.3, 0.4) is 0 Å². The zero-order valence-corrected chi connectivity index (χ0v) is 14.1. The Morgan fingerprint density at radius 3 is 2.58 bits per heavy atom. The molecular formula is C18H19N3O2S. The van der Waals surface area contributed by atoms with Gasteiger partial charge in [-0.3, -0.25) is 14.3 Å². The van der Waals surface area contributed by atoms with Crippen LogP contribution >= 0.6 is 11.3 Å². The summed E-state index contributed by atoms with van der Waals surface area (Å²) in [5.41, 5.74) is 1.51. The van der Waals surface area contributed by atoms with Gasteiger partial charge in [0.1, 0.15) is 4.70 Å². The maximum Gasteiger partial charge on any atom is 0.329 e. The van der Waals surface area contributed by atoms with Crippen molar-refractivity contribution in [2.45, 2.75) is 25.4 Å². The summed E-state index contributed by atoms with van der Waals surface area (Å²) >= 11 is 1.39. The number of likely N-dealkylation sites (tertiary alicyclic amines) is 1. The van der Waals surface area contributed by atoms with Crippen molar-refractivity contribution in [3.8, 4) is 0 Å². The number of aromatic amines is 1. The van der Waals surface area contributed by atoms with Crippen LogP contribution in [0.15, 0.2) is 51.4 Å². The Morgan fingerprint density at radius 2 is 1.83 bits per heavy atom. The molecule has 24 heavy (non-hydrogen) atoms. The summed E-state index contributed by atoms with van der Waals surface area (Å²) in [5.74, 6) is 0. The molecule has 0 radical (unpaired) electrons. The minimum Gasteiger partial charge on any atom is -0.306 e. The zero-order chi connectivity index (χ0) is 16.5. The molecule has 1 saturated heterocycles. The molecule has 124 valence electrons. The molecule has 1 aliphatic rings. The molecule has 1 N–H and O–H groups in total. The van der Waals surface area contributed by atoms with Gasteiger partial charge < -0.3 is 4.98 Å². The fourth-order valence-corrected chi connectivity index (χ4v) is 4.24. The highest BCUT2D eigenvalue weighted by Gasteiger charge is 2.24. The van der Waals surface area contributed by atoms with Crippen molar-refractivity contribution in [1.29, 1.82) is 0 Å². The maximum absolute atomic E-state index is 12.6. The van der Waals surface area contributed by atoms with Gasteiger partial charge in [0.15, 0.2) is 0 Å². The summed E-state index contributed by atoms with van der Waals surface area (Å²) in [4.78, 5) is 30.2. The van der Waals surface area contributed by atoms with Gasteiger partial charge in [0, 0.05) is 25.7 Å². The molecule has 0 aliphatic carbocycles. The number of aromatic nitrogens is 2. The predicted octanol–water partition coefficient (Wildman–Crippen LogP) is 2.59. The Kier molecular flexibility index (Phi) is 4.08. The monoisotopic (exact) mass is 341 g/mol. The third-order valence-electron chi connectivity index (χ3n) is 4.71. The summed E-state index contributed by atoms with van der Waals surface area (Å²) in [6.45, 7) is 2.71. The molecule has 0 bridgehead atoms. The van der Waals surface area contributed by atoms with Crippen LogP contribution in [0, 0.1) is 0 Å². The topological polar surface area (TPSA) is 58.1 Å². The van der Waals surface area contributed by atoms with Gasteiger partial charge in [-0.2, -0.15) is 0 Å². The number of rotatable bonds is 3. The molecule has 0 atom stereocenters. The van der Waals surface area contributed by atoms with E-state index in [0.29, 0.717) is 10.2 Å². The number of fused-ring (bicyclic) bond motifs is 1. The number of hydrogen-bond acceptors (Lipinski definition) is 4. The maximum atomic E-state index is 12.6. The average molecular weight is 341 g/mol. The van der Waals surface area contributed by atoms with E-state index in [4.69, 9.17) is 0 Å². The van der Waals surface area contributed by atoms with Gasteiger partial charge in [0.25, 0.3) is 5.56 Å². The highest BCUT2D eigenvalue weighted by molar-refractivity contribution is 7.17. The third kappa shape index (κ3) is 2.83. The zero-order valence-electron chi connectivity index (χ0n) is 13.3. The first-order valence-corrected chi connectivity index (χ1v) is 9.08. The minimum absolute atomic E-state index is 0.0141. The van der Waals surface area contributed by atoms with Crippen molar-refractivity contribution in [1.82, 2.24) is 14.5 Å². The van der Waals surface area contributed by atoms with Crippen LogP contribution in [0.2, 0.25) is 0 Å². The van der Waals surface area contributed by atoms with E-state index in [-0.39, 0.29) is 17.3 Å². The highest BCUT2D eigenvalue weighted by atomic mass is 32.1. The lowest BCUT2D eigenvalue weighted by atomic mass is 10.0. The number of benzene rings is 1. The fraction of sp³-hybridized carbons (Fsp3) is 0.333. The molecule has 3 aromatic rings. The smallest absolute Gasteiger partial charge is 0.306 e. The lowest BCUT2D eigenvalue weighted by Gasteiger charge is -2.32. The Morgan fingerprint density at radius 1 is 1.08 bits per heavy atom. The first-order chi connectivity index (χ1) is 11.7. The van der Waals surface area contributed by atoms with Gasteiger partial charge in [0.2, 0.25) is 0 Å². The van der Waals surface area contributed by atoms with E-state index < -0.39 is 0 Å². The molecule has 5 nitrogen and oxygen atoms in total. The van der Waals surface area contributed by atoms with Gasteiger partial charge >= 0.3 is 5.69 Å². The van der Waals surface area contributed by atoms with E-state index in [2.05, 4.69) is 34.1 Å². The highest BCUT2D eigenvalue weighted by Crippen LogP contribution is 2.22. The molecule has 2 aromatic heterocycles. The van der Waals surface area contributed by atoms with Crippen molar-refractivity contribution >= 4 is 21.6 Å². The summed E-state index contributed by atoms with van der Waals surface area (Å²) in [6, 6.07) is 12.2. The molecular weight excluding hydrogens is 322 g/mol. The molecule has 0 saturated carbocycles. The van der Waals surface area contributed by atoms with E-state index in [1.54, 1.807) is 6.07 Å². The van der Waals surface area contributed by atoms with Crippen LogP contribution in [-0.4, -0.2) is 27.5 Å².